The first-order chi connectivity index (χ1) is 14.0. The molecule has 0 atom stereocenters. The molecule has 29 heavy (non-hydrogen) atoms. The molecule has 0 radical (unpaired) electrons. The van der Waals surface area contributed by atoms with Crippen molar-refractivity contribution in [1.29, 1.82) is 0 Å². The van der Waals surface area contributed by atoms with Gasteiger partial charge in [-0.3, -0.25) is 20.4 Å². The van der Waals surface area contributed by atoms with Crippen molar-refractivity contribution < 1.29 is 28.6 Å². The van der Waals surface area contributed by atoms with Crippen LogP contribution >= 0.6 is 11.6 Å². The van der Waals surface area contributed by atoms with Crippen LogP contribution < -0.4 is 20.3 Å². The second kappa shape index (κ2) is 10.9. The molecular formula is C20H21ClN2O6. The Hall–Kier alpha value is -3.26. The Bertz CT molecular complexity index is 887. The van der Waals surface area contributed by atoms with E-state index in [1.807, 2.05) is 13.8 Å². The third-order valence-corrected chi connectivity index (χ3v) is 3.88. The third-order valence-electron chi connectivity index (χ3n) is 3.55. The summed E-state index contributed by atoms with van der Waals surface area (Å²) in [4.78, 5) is 36.0. The van der Waals surface area contributed by atoms with Crippen LogP contribution in [0.15, 0.2) is 42.5 Å². The lowest BCUT2D eigenvalue weighted by Crippen LogP contribution is -2.43. The first-order valence-corrected chi connectivity index (χ1v) is 9.24. The molecule has 0 saturated carbocycles. The van der Waals surface area contributed by atoms with Crippen LogP contribution in [0.3, 0.4) is 0 Å². The number of carbonyl (C=O) groups is 3. The van der Waals surface area contributed by atoms with E-state index < -0.39 is 24.4 Å². The van der Waals surface area contributed by atoms with Gasteiger partial charge in [0.15, 0.2) is 18.1 Å². The van der Waals surface area contributed by atoms with Crippen LogP contribution in [-0.2, 0) is 9.53 Å². The SMILES string of the molecule is CCOc1ccc(C(=O)OCC(=O)NNC(=O)c2ccccc2Cl)cc1OCC. The van der Waals surface area contributed by atoms with Crippen molar-refractivity contribution in [2.75, 3.05) is 19.8 Å². The number of rotatable bonds is 8. The minimum absolute atomic E-state index is 0.198. The van der Waals surface area contributed by atoms with E-state index in [1.54, 1.807) is 24.3 Å². The fraction of sp³-hybridized carbons (Fsp3) is 0.250. The summed E-state index contributed by atoms with van der Waals surface area (Å²) in [6, 6.07) is 10.9. The standard InChI is InChI=1S/C20H21ClN2O6/c1-3-27-16-10-9-13(11-17(16)28-4-2)20(26)29-12-18(24)22-23-19(25)14-7-5-6-8-15(14)21/h5-11H,3-4,12H2,1-2H3,(H,22,24)(H,23,25). The predicted octanol–water partition coefficient (Wildman–Crippen LogP) is 2.76. The van der Waals surface area contributed by atoms with Crippen LogP contribution in [0.4, 0.5) is 0 Å². The van der Waals surface area contributed by atoms with Gasteiger partial charge in [0.2, 0.25) is 0 Å². The molecule has 154 valence electrons. The molecular weight excluding hydrogens is 400 g/mol. The van der Waals surface area contributed by atoms with E-state index in [0.29, 0.717) is 24.7 Å². The van der Waals surface area contributed by atoms with E-state index in [4.69, 9.17) is 25.8 Å². The quantitative estimate of drug-likeness (QED) is 0.502. The molecule has 0 aromatic heterocycles. The maximum Gasteiger partial charge on any atom is 0.338 e. The van der Waals surface area contributed by atoms with Crippen LogP contribution in [0.2, 0.25) is 5.02 Å². The van der Waals surface area contributed by atoms with Gasteiger partial charge in [-0.15, -0.1) is 0 Å². The van der Waals surface area contributed by atoms with Gasteiger partial charge in [-0.25, -0.2) is 4.79 Å². The smallest absolute Gasteiger partial charge is 0.338 e. The van der Waals surface area contributed by atoms with Crippen molar-refractivity contribution in [1.82, 2.24) is 10.9 Å². The second-order valence-corrected chi connectivity index (χ2v) is 5.99. The largest absolute Gasteiger partial charge is 0.490 e. The van der Waals surface area contributed by atoms with Crippen LogP contribution in [0, 0.1) is 0 Å². The molecule has 0 fully saturated rings. The van der Waals surface area contributed by atoms with Gasteiger partial charge in [-0.2, -0.15) is 0 Å². The number of esters is 1. The van der Waals surface area contributed by atoms with E-state index in [-0.39, 0.29) is 16.1 Å². The normalized spacial score (nSPS) is 10.0. The van der Waals surface area contributed by atoms with Crippen LogP contribution in [0.25, 0.3) is 0 Å². The van der Waals surface area contributed by atoms with Gasteiger partial charge in [0.25, 0.3) is 11.8 Å². The number of hydrogen-bond acceptors (Lipinski definition) is 6. The molecule has 0 spiro atoms. The Balaban J connectivity index is 1.88. The van der Waals surface area contributed by atoms with Crippen molar-refractivity contribution in [3.8, 4) is 11.5 Å². The monoisotopic (exact) mass is 420 g/mol. The molecule has 9 heteroatoms. The Kier molecular flexibility index (Phi) is 8.29. The molecule has 0 aliphatic carbocycles. The lowest BCUT2D eigenvalue weighted by atomic mass is 10.2. The molecule has 0 bridgehead atoms. The van der Waals surface area contributed by atoms with Crippen LogP contribution in [0.1, 0.15) is 34.6 Å². The van der Waals surface area contributed by atoms with E-state index in [1.165, 1.54) is 18.2 Å². The summed E-state index contributed by atoms with van der Waals surface area (Å²) in [6.45, 7) is 3.90. The zero-order valence-electron chi connectivity index (χ0n) is 16.0. The average Bonchev–Trinajstić information content (AvgIpc) is 2.72. The minimum atomic E-state index is -0.721. The molecule has 2 aromatic rings. The zero-order chi connectivity index (χ0) is 21.2. The third kappa shape index (κ3) is 6.39. The number of nitrogens with one attached hydrogen (secondary N) is 2. The van der Waals surface area contributed by atoms with Crippen molar-refractivity contribution in [3.05, 3.63) is 58.6 Å². The zero-order valence-corrected chi connectivity index (χ0v) is 16.7. The van der Waals surface area contributed by atoms with Crippen LogP contribution in [-0.4, -0.2) is 37.6 Å². The molecule has 0 saturated heterocycles. The summed E-state index contributed by atoms with van der Waals surface area (Å²) < 4.78 is 15.8. The molecule has 2 N–H and O–H groups in total. The van der Waals surface area contributed by atoms with E-state index >= 15 is 0 Å². The van der Waals surface area contributed by atoms with Gasteiger partial charge in [0.1, 0.15) is 0 Å². The molecule has 0 heterocycles. The van der Waals surface area contributed by atoms with Crippen molar-refractivity contribution in [2.24, 2.45) is 0 Å². The lowest BCUT2D eigenvalue weighted by molar-refractivity contribution is -0.125. The molecule has 0 aliphatic heterocycles. The van der Waals surface area contributed by atoms with E-state index in [0.717, 1.165) is 0 Å². The number of benzene rings is 2. The highest BCUT2D eigenvalue weighted by Gasteiger charge is 2.15. The van der Waals surface area contributed by atoms with Gasteiger partial charge < -0.3 is 14.2 Å². The van der Waals surface area contributed by atoms with Gasteiger partial charge in [0.05, 0.1) is 29.4 Å². The maximum absolute atomic E-state index is 12.2. The number of hydrogen-bond donors (Lipinski definition) is 2. The lowest BCUT2D eigenvalue weighted by Gasteiger charge is -2.12. The molecule has 0 unspecified atom stereocenters. The van der Waals surface area contributed by atoms with Gasteiger partial charge in [-0.1, -0.05) is 23.7 Å². The molecule has 2 rings (SSSR count). The molecule has 8 nitrogen and oxygen atoms in total. The first-order valence-electron chi connectivity index (χ1n) is 8.86. The molecule has 2 amide bonds. The summed E-state index contributed by atoms with van der Waals surface area (Å²) in [6.07, 6.45) is 0. The molecule has 0 aliphatic rings. The summed E-state index contributed by atoms with van der Waals surface area (Å²) in [5.41, 5.74) is 4.75. The Morgan fingerprint density at radius 3 is 2.31 bits per heavy atom. The van der Waals surface area contributed by atoms with Crippen LogP contribution in [0.5, 0.6) is 11.5 Å². The number of halogens is 1. The van der Waals surface area contributed by atoms with Gasteiger partial charge in [0, 0.05) is 0 Å². The highest BCUT2D eigenvalue weighted by Crippen LogP contribution is 2.28. The number of carbonyl (C=O) groups excluding carboxylic acids is 3. The van der Waals surface area contributed by atoms with Crippen molar-refractivity contribution in [2.45, 2.75) is 13.8 Å². The molecule has 2 aromatic carbocycles. The minimum Gasteiger partial charge on any atom is -0.490 e. The van der Waals surface area contributed by atoms with Gasteiger partial charge >= 0.3 is 5.97 Å². The average molecular weight is 421 g/mol. The first kappa shape index (κ1) is 22.0. The summed E-state index contributed by atoms with van der Waals surface area (Å²) >= 11 is 5.91. The fourth-order valence-electron chi connectivity index (χ4n) is 2.27. The summed E-state index contributed by atoms with van der Waals surface area (Å²) in [7, 11) is 0. The van der Waals surface area contributed by atoms with E-state index in [2.05, 4.69) is 10.9 Å². The summed E-state index contributed by atoms with van der Waals surface area (Å²) in [5, 5.41) is 0.242. The highest BCUT2D eigenvalue weighted by molar-refractivity contribution is 6.33. The van der Waals surface area contributed by atoms with E-state index in [9.17, 15) is 14.4 Å². The highest BCUT2D eigenvalue weighted by atomic mass is 35.5. The fourth-order valence-corrected chi connectivity index (χ4v) is 2.49. The predicted molar refractivity (Wildman–Crippen MR) is 106 cm³/mol. The Morgan fingerprint density at radius 1 is 0.931 bits per heavy atom. The topological polar surface area (TPSA) is 103 Å². The Labute approximate surface area is 173 Å². The number of hydrazine groups is 1. The van der Waals surface area contributed by atoms with Gasteiger partial charge in [-0.05, 0) is 44.2 Å². The number of ether oxygens (including phenoxy) is 3. The van der Waals surface area contributed by atoms with Crippen molar-refractivity contribution in [3.63, 3.8) is 0 Å². The maximum atomic E-state index is 12.2. The summed E-state index contributed by atoms with van der Waals surface area (Å²) in [5.74, 6) is -1.12. The Morgan fingerprint density at radius 2 is 1.62 bits per heavy atom. The second-order valence-electron chi connectivity index (χ2n) is 5.59. The number of amides is 2. The van der Waals surface area contributed by atoms with Crippen molar-refractivity contribution >= 4 is 29.4 Å².